The predicted octanol–water partition coefficient (Wildman–Crippen LogP) is 1.59. The van der Waals surface area contributed by atoms with Crippen molar-refractivity contribution in [2.45, 2.75) is 31.8 Å². The minimum atomic E-state index is -3.24. The van der Waals surface area contributed by atoms with E-state index in [9.17, 15) is 13.2 Å². The van der Waals surface area contributed by atoms with Crippen LogP contribution >= 0.6 is 11.6 Å². The van der Waals surface area contributed by atoms with Crippen LogP contribution in [0, 0.1) is 0 Å². The molecule has 1 amide bonds. The first-order valence-corrected chi connectivity index (χ1v) is 9.53. The summed E-state index contributed by atoms with van der Waals surface area (Å²) in [5.74, 6) is -0.685. The molecule has 0 aliphatic heterocycles. The van der Waals surface area contributed by atoms with E-state index in [1.165, 1.54) is 0 Å². The standard InChI is InChI=1S/C15H21ClN2O3S/c16-13-3-1-12(2-4-13)11-18(14-5-6-14)8-10-22(20,21)9-7-15(17)19/h1-4,14H,5-11H2,(H2,17,19). The lowest BCUT2D eigenvalue weighted by atomic mass is 10.2. The average Bonchev–Trinajstić information content (AvgIpc) is 3.28. The number of sulfone groups is 1. The van der Waals surface area contributed by atoms with Gasteiger partial charge in [-0.3, -0.25) is 9.69 Å². The second kappa shape index (κ2) is 7.44. The van der Waals surface area contributed by atoms with Crippen molar-refractivity contribution in [2.24, 2.45) is 5.73 Å². The zero-order valence-corrected chi connectivity index (χ0v) is 13.9. The van der Waals surface area contributed by atoms with E-state index in [1.54, 1.807) is 0 Å². The van der Waals surface area contributed by atoms with E-state index in [4.69, 9.17) is 17.3 Å². The lowest BCUT2D eigenvalue weighted by Gasteiger charge is -2.22. The highest BCUT2D eigenvalue weighted by atomic mass is 35.5. The molecule has 0 radical (unpaired) electrons. The van der Waals surface area contributed by atoms with Gasteiger partial charge in [-0.25, -0.2) is 8.42 Å². The second-order valence-corrected chi connectivity index (χ2v) is 8.44. The van der Waals surface area contributed by atoms with Gasteiger partial charge >= 0.3 is 0 Å². The monoisotopic (exact) mass is 344 g/mol. The van der Waals surface area contributed by atoms with Gasteiger partial charge in [-0.2, -0.15) is 0 Å². The van der Waals surface area contributed by atoms with Crippen molar-refractivity contribution in [3.05, 3.63) is 34.9 Å². The predicted molar refractivity (Wildman–Crippen MR) is 87.3 cm³/mol. The van der Waals surface area contributed by atoms with E-state index in [2.05, 4.69) is 4.90 Å². The zero-order valence-electron chi connectivity index (χ0n) is 12.4. The Kier molecular flexibility index (Phi) is 5.83. The van der Waals surface area contributed by atoms with Crippen molar-refractivity contribution < 1.29 is 13.2 Å². The van der Waals surface area contributed by atoms with Crippen molar-refractivity contribution in [1.82, 2.24) is 4.90 Å². The van der Waals surface area contributed by atoms with E-state index in [-0.39, 0.29) is 17.9 Å². The van der Waals surface area contributed by atoms with Crippen LogP contribution < -0.4 is 5.73 Å². The van der Waals surface area contributed by atoms with Gasteiger partial charge in [0.15, 0.2) is 9.84 Å². The van der Waals surface area contributed by atoms with E-state index >= 15 is 0 Å². The largest absolute Gasteiger partial charge is 0.370 e. The van der Waals surface area contributed by atoms with Crippen LogP contribution in [-0.4, -0.2) is 43.3 Å². The molecule has 1 saturated carbocycles. The second-order valence-electron chi connectivity index (χ2n) is 5.70. The highest BCUT2D eigenvalue weighted by Crippen LogP contribution is 2.28. The molecule has 5 nitrogen and oxygen atoms in total. The first-order chi connectivity index (χ1) is 10.4. The Bertz CT molecular complexity index is 612. The van der Waals surface area contributed by atoms with Gasteiger partial charge in [-0.15, -0.1) is 0 Å². The van der Waals surface area contributed by atoms with Gasteiger partial charge in [0.2, 0.25) is 5.91 Å². The van der Waals surface area contributed by atoms with Crippen LogP contribution in [0.5, 0.6) is 0 Å². The Balaban J connectivity index is 1.89. The molecule has 7 heteroatoms. The normalized spacial score (nSPS) is 15.2. The molecule has 0 atom stereocenters. The maximum absolute atomic E-state index is 11.9. The van der Waals surface area contributed by atoms with Gasteiger partial charge in [-0.05, 0) is 30.5 Å². The van der Waals surface area contributed by atoms with Gasteiger partial charge in [0.1, 0.15) is 0 Å². The number of amides is 1. The Morgan fingerprint density at radius 2 is 1.86 bits per heavy atom. The first-order valence-electron chi connectivity index (χ1n) is 7.33. The van der Waals surface area contributed by atoms with Gasteiger partial charge in [0.25, 0.3) is 0 Å². The Labute approximate surface area is 136 Å². The van der Waals surface area contributed by atoms with Gasteiger partial charge in [-0.1, -0.05) is 23.7 Å². The van der Waals surface area contributed by atoms with Gasteiger partial charge < -0.3 is 5.73 Å². The lowest BCUT2D eigenvalue weighted by Crippen LogP contribution is -2.32. The number of benzene rings is 1. The minimum absolute atomic E-state index is 0.0599. The SMILES string of the molecule is NC(=O)CCS(=O)(=O)CCN(Cc1ccc(Cl)cc1)C1CC1. The van der Waals surface area contributed by atoms with Gasteiger partial charge in [0, 0.05) is 30.6 Å². The van der Waals surface area contributed by atoms with Crippen LogP contribution in [0.25, 0.3) is 0 Å². The molecule has 1 aromatic carbocycles. The fourth-order valence-corrected chi connectivity index (χ4v) is 3.62. The van der Waals surface area contributed by atoms with Crippen LogP contribution in [0.3, 0.4) is 0 Å². The van der Waals surface area contributed by atoms with Crippen LogP contribution in [0.1, 0.15) is 24.8 Å². The molecule has 0 bridgehead atoms. The molecule has 22 heavy (non-hydrogen) atoms. The molecule has 0 spiro atoms. The van der Waals surface area contributed by atoms with Crippen molar-refractivity contribution in [3.8, 4) is 0 Å². The third-order valence-corrected chi connectivity index (χ3v) is 5.59. The summed E-state index contributed by atoms with van der Waals surface area (Å²) in [7, 11) is -3.24. The quantitative estimate of drug-likeness (QED) is 0.737. The summed E-state index contributed by atoms with van der Waals surface area (Å²) in [4.78, 5) is 12.9. The van der Waals surface area contributed by atoms with E-state index < -0.39 is 15.7 Å². The van der Waals surface area contributed by atoms with Gasteiger partial charge in [0.05, 0.1) is 11.5 Å². The summed E-state index contributed by atoms with van der Waals surface area (Å²) in [5, 5.41) is 0.691. The molecular weight excluding hydrogens is 324 g/mol. The smallest absolute Gasteiger partial charge is 0.218 e. The molecule has 0 aromatic heterocycles. The number of primary amides is 1. The molecule has 1 aliphatic rings. The number of nitrogens with zero attached hydrogens (tertiary/aromatic N) is 1. The average molecular weight is 345 g/mol. The summed E-state index contributed by atoms with van der Waals surface area (Å²) >= 11 is 5.87. The molecule has 0 unspecified atom stereocenters. The summed E-state index contributed by atoms with van der Waals surface area (Å²) in [6.45, 7) is 1.20. The highest BCUT2D eigenvalue weighted by molar-refractivity contribution is 7.91. The molecule has 0 saturated heterocycles. The number of rotatable bonds is 9. The maximum atomic E-state index is 11.9. The highest BCUT2D eigenvalue weighted by Gasteiger charge is 2.29. The van der Waals surface area contributed by atoms with Crippen LogP contribution in [-0.2, 0) is 21.2 Å². The van der Waals surface area contributed by atoms with E-state index in [1.807, 2.05) is 24.3 Å². The minimum Gasteiger partial charge on any atom is -0.370 e. The van der Waals surface area contributed by atoms with Crippen LogP contribution in [0.15, 0.2) is 24.3 Å². The summed E-state index contributed by atoms with van der Waals surface area (Å²) in [6.07, 6.45) is 2.10. The molecular formula is C15H21ClN2O3S. The molecule has 2 N–H and O–H groups in total. The zero-order chi connectivity index (χ0) is 16.2. The van der Waals surface area contributed by atoms with Crippen molar-refractivity contribution in [2.75, 3.05) is 18.1 Å². The lowest BCUT2D eigenvalue weighted by molar-refractivity contribution is -0.117. The summed E-state index contributed by atoms with van der Waals surface area (Å²) < 4.78 is 23.9. The van der Waals surface area contributed by atoms with Crippen LogP contribution in [0.2, 0.25) is 5.02 Å². The van der Waals surface area contributed by atoms with E-state index in [0.717, 1.165) is 18.4 Å². The molecule has 2 rings (SSSR count). The molecule has 0 heterocycles. The number of halogens is 1. The van der Waals surface area contributed by atoms with E-state index in [0.29, 0.717) is 24.2 Å². The number of carbonyl (C=O) groups excluding carboxylic acids is 1. The number of carbonyl (C=O) groups is 1. The van der Waals surface area contributed by atoms with Crippen molar-refractivity contribution in [3.63, 3.8) is 0 Å². The number of nitrogens with two attached hydrogens (primary N) is 1. The Hall–Kier alpha value is -1.11. The topological polar surface area (TPSA) is 80.5 Å². The fourth-order valence-electron chi connectivity index (χ4n) is 2.27. The molecule has 1 fully saturated rings. The Morgan fingerprint density at radius 3 is 2.41 bits per heavy atom. The number of hydrogen-bond donors (Lipinski definition) is 1. The molecule has 1 aliphatic carbocycles. The first kappa shape index (κ1) is 17.2. The van der Waals surface area contributed by atoms with Crippen molar-refractivity contribution >= 4 is 27.3 Å². The summed E-state index contributed by atoms with van der Waals surface area (Å²) in [6, 6.07) is 8.05. The van der Waals surface area contributed by atoms with Crippen LogP contribution in [0.4, 0.5) is 0 Å². The fraction of sp³-hybridized carbons (Fsp3) is 0.533. The third kappa shape index (κ3) is 5.94. The van der Waals surface area contributed by atoms with Crippen molar-refractivity contribution in [1.29, 1.82) is 0 Å². The Morgan fingerprint density at radius 1 is 1.23 bits per heavy atom. The third-order valence-electron chi connectivity index (χ3n) is 3.71. The molecule has 1 aromatic rings. The number of hydrogen-bond acceptors (Lipinski definition) is 4. The maximum Gasteiger partial charge on any atom is 0.218 e. The molecule has 122 valence electrons. The summed E-state index contributed by atoms with van der Waals surface area (Å²) in [5.41, 5.74) is 6.12.